The minimum absolute atomic E-state index is 0. The summed E-state index contributed by atoms with van der Waals surface area (Å²) < 4.78 is 0. The van der Waals surface area contributed by atoms with E-state index in [0.717, 1.165) is 32.0 Å². The Morgan fingerprint density at radius 1 is 1.18 bits per heavy atom. The maximum Gasteiger partial charge on any atom is 0.241 e. The number of hydrogen-bond donors (Lipinski definition) is 2. The average molecular weight is 416 g/mol. The monoisotopic (exact) mass is 416 g/mol. The molecule has 1 heterocycles. The Balaban J connectivity index is 0.00000242. The van der Waals surface area contributed by atoms with E-state index in [2.05, 4.69) is 44.8 Å². The lowest BCUT2D eigenvalue weighted by Gasteiger charge is -2.31. The molecule has 0 saturated carbocycles. The van der Waals surface area contributed by atoms with Crippen LogP contribution in [-0.2, 0) is 17.8 Å². The van der Waals surface area contributed by atoms with Crippen LogP contribution in [0.25, 0.3) is 0 Å². The molecule has 6 heteroatoms. The van der Waals surface area contributed by atoms with Gasteiger partial charge >= 0.3 is 0 Å². The normalized spacial score (nSPS) is 13.9. The summed E-state index contributed by atoms with van der Waals surface area (Å²) in [5.74, 6) is 0.781. The average Bonchev–Trinajstić information content (AvgIpc) is 2.51. The van der Waals surface area contributed by atoms with Gasteiger partial charge in [0.25, 0.3) is 0 Å². The topological polar surface area (TPSA) is 56.7 Å². The molecule has 0 radical (unpaired) electrons. The zero-order valence-corrected chi connectivity index (χ0v) is 15.6. The molecule has 2 rings (SSSR count). The predicted molar refractivity (Wildman–Crippen MR) is 101 cm³/mol. The molecule has 2 N–H and O–H groups in total. The Hall–Kier alpha value is -1.31. The highest BCUT2D eigenvalue weighted by Crippen LogP contribution is 2.18. The van der Waals surface area contributed by atoms with E-state index in [1.807, 2.05) is 13.8 Å². The first-order valence-corrected chi connectivity index (χ1v) is 7.61. The van der Waals surface area contributed by atoms with Crippen molar-refractivity contribution in [2.75, 3.05) is 26.2 Å². The number of carbonyl (C=O) groups excluding carboxylic acids is 1. The first-order chi connectivity index (χ1) is 10.2. The Morgan fingerprint density at radius 3 is 2.55 bits per heavy atom. The summed E-state index contributed by atoms with van der Waals surface area (Å²) >= 11 is 0. The van der Waals surface area contributed by atoms with E-state index in [4.69, 9.17) is 0 Å². The van der Waals surface area contributed by atoms with E-state index >= 15 is 0 Å². The zero-order valence-electron chi connectivity index (χ0n) is 13.3. The van der Waals surface area contributed by atoms with Crippen LogP contribution in [0.3, 0.4) is 0 Å². The van der Waals surface area contributed by atoms with Crippen LogP contribution < -0.4 is 10.6 Å². The van der Waals surface area contributed by atoms with Crippen molar-refractivity contribution in [3.8, 4) is 0 Å². The minimum Gasteiger partial charge on any atom is -0.356 e. The fourth-order valence-electron chi connectivity index (χ4n) is 2.50. The summed E-state index contributed by atoms with van der Waals surface area (Å²) in [4.78, 5) is 18.2. The third kappa shape index (κ3) is 5.15. The van der Waals surface area contributed by atoms with Crippen molar-refractivity contribution in [1.29, 1.82) is 0 Å². The van der Waals surface area contributed by atoms with Crippen molar-refractivity contribution < 1.29 is 4.79 Å². The van der Waals surface area contributed by atoms with Crippen LogP contribution in [0.5, 0.6) is 0 Å². The second-order valence-electron chi connectivity index (χ2n) is 5.06. The van der Waals surface area contributed by atoms with E-state index in [9.17, 15) is 4.79 Å². The number of carbonyl (C=O) groups is 1. The van der Waals surface area contributed by atoms with Gasteiger partial charge in [-0.3, -0.25) is 4.79 Å². The fraction of sp³-hybridized carbons (Fsp3) is 0.500. The lowest BCUT2D eigenvalue weighted by atomic mass is 10.0. The molecule has 1 aromatic rings. The molecule has 0 aliphatic carbocycles. The van der Waals surface area contributed by atoms with Crippen LogP contribution in [0, 0.1) is 0 Å². The summed E-state index contributed by atoms with van der Waals surface area (Å²) in [6.45, 7) is 7.34. The molecular weight excluding hydrogens is 391 g/mol. The second kappa shape index (κ2) is 9.66. The summed E-state index contributed by atoms with van der Waals surface area (Å²) in [5.41, 5.74) is 2.75. The van der Waals surface area contributed by atoms with E-state index in [1.54, 1.807) is 0 Å². The van der Waals surface area contributed by atoms with Crippen LogP contribution in [0.2, 0.25) is 0 Å². The van der Waals surface area contributed by atoms with Gasteiger partial charge in [0.1, 0.15) is 6.54 Å². The van der Waals surface area contributed by atoms with Crippen LogP contribution in [-0.4, -0.2) is 42.9 Å². The lowest BCUT2D eigenvalue weighted by molar-refractivity contribution is -0.119. The fourth-order valence-corrected chi connectivity index (χ4v) is 2.50. The van der Waals surface area contributed by atoms with Crippen molar-refractivity contribution in [3.63, 3.8) is 0 Å². The molecular formula is C16H25IN4O. The summed E-state index contributed by atoms with van der Waals surface area (Å²) in [6, 6.07) is 8.50. The number of rotatable bonds is 4. The van der Waals surface area contributed by atoms with E-state index in [1.165, 1.54) is 11.1 Å². The van der Waals surface area contributed by atoms with Crippen molar-refractivity contribution in [2.45, 2.75) is 26.8 Å². The number of benzene rings is 1. The predicted octanol–water partition coefficient (Wildman–Crippen LogP) is 1.76. The zero-order chi connectivity index (χ0) is 15.1. The lowest BCUT2D eigenvalue weighted by Crippen LogP contribution is -2.44. The molecule has 1 amide bonds. The van der Waals surface area contributed by atoms with E-state index in [-0.39, 0.29) is 36.4 Å². The highest BCUT2D eigenvalue weighted by Gasteiger charge is 2.18. The van der Waals surface area contributed by atoms with Crippen LogP contribution >= 0.6 is 24.0 Å². The number of fused-ring (bicyclic) bond motifs is 1. The number of amides is 1. The first kappa shape index (κ1) is 18.7. The number of nitrogens with one attached hydrogen (secondary N) is 2. The molecule has 1 aliphatic rings. The molecule has 0 atom stereocenters. The van der Waals surface area contributed by atoms with Gasteiger partial charge in [-0.25, -0.2) is 4.99 Å². The van der Waals surface area contributed by atoms with Gasteiger partial charge in [0.15, 0.2) is 5.96 Å². The van der Waals surface area contributed by atoms with Gasteiger partial charge in [0.2, 0.25) is 5.91 Å². The number of halogens is 1. The third-order valence-electron chi connectivity index (χ3n) is 3.51. The summed E-state index contributed by atoms with van der Waals surface area (Å²) in [6.07, 6.45) is 1.02. The second-order valence-corrected chi connectivity index (χ2v) is 5.06. The van der Waals surface area contributed by atoms with Crippen molar-refractivity contribution in [1.82, 2.24) is 15.5 Å². The molecule has 1 aromatic carbocycles. The summed E-state index contributed by atoms with van der Waals surface area (Å²) in [5, 5.41) is 6.05. The standard InChI is InChI=1S/C16H24N4O.HI/c1-3-17-15(21)11-19-16(18-4-2)20-10-9-13-7-5-6-8-14(13)12-20;/h5-8H,3-4,9-12H2,1-2H3,(H,17,21)(H,18,19);1H. The van der Waals surface area contributed by atoms with Crippen LogP contribution in [0.4, 0.5) is 0 Å². The van der Waals surface area contributed by atoms with Gasteiger partial charge in [-0.1, -0.05) is 24.3 Å². The van der Waals surface area contributed by atoms with E-state index < -0.39 is 0 Å². The van der Waals surface area contributed by atoms with Gasteiger partial charge in [0, 0.05) is 26.2 Å². The largest absolute Gasteiger partial charge is 0.356 e. The SMILES string of the molecule is CCNC(=O)CN=C(NCC)N1CCc2ccccc2C1.I. The number of aliphatic imine (C=N–C) groups is 1. The number of nitrogens with zero attached hydrogens (tertiary/aromatic N) is 2. The molecule has 0 unspecified atom stereocenters. The quantitative estimate of drug-likeness (QED) is 0.447. The highest BCUT2D eigenvalue weighted by atomic mass is 127. The third-order valence-corrected chi connectivity index (χ3v) is 3.51. The Kier molecular flexibility index (Phi) is 8.22. The van der Waals surface area contributed by atoms with Crippen LogP contribution in [0.1, 0.15) is 25.0 Å². The van der Waals surface area contributed by atoms with Crippen molar-refractivity contribution >= 4 is 35.8 Å². The smallest absolute Gasteiger partial charge is 0.241 e. The van der Waals surface area contributed by atoms with Gasteiger partial charge in [0.05, 0.1) is 0 Å². The molecule has 5 nitrogen and oxygen atoms in total. The molecule has 22 heavy (non-hydrogen) atoms. The van der Waals surface area contributed by atoms with E-state index in [0.29, 0.717) is 6.54 Å². The minimum atomic E-state index is -0.0367. The Morgan fingerprint density at radius 2 is 1.86 bits per heavy atom. The van der Waals surface area contributed by atoms with Gasteiger partial charge in [-0.05, 0) is 31.4 Å². The first-order valence-electron chi connectivity index (χ1n) is 7.61. The highest BCUT2D eigenvalue weighted by molar-refractivity contribution is 14.0. The van der Waals surface area contributed by atoms with Gasteiger partial charge in [-0.15, -0.1) is 24.0 Å². The van der Waals surface area contributed by atoms with Gasteiger partial charge in [-0.2, -0.15) is 0 Å². The maximum atomic E-state index is 11.6. The molecule has 0 aromatic heterocycles. The van der Waals surface area contributed by atoms with Crippen LogP contribution in [0.15, 0.2) is 29.3 Å². The molecule has 0 bridgehead atoms. The Labute approximate surface area is 149 Å². The van der Waals surface area contributed by atoms with Crippen molar-refractivity contribution in [2.24, 2.45) is 4.99 Å². The van der Waals surface area contributed by atoms with Gasteiger partial charge < -0.3 is 15.5 Å². The molecule has 0 fully saturated rings. The molecule has 0 saturated heterocycles. The van der Waals surface area contributed by atoms with Crippen molar-refractivity contribution in [3.05, 3.63) is 35.4 Å². The molecule has 0 spiro atoms. The number of hydrogen-bond acceptors (Lipinski definition) is 2. The summed E-state index contributed by atoms with van der Waals surface area (Å²) in [7, 11) is 0. The number of likely N-dealkylation sites (N-methyl/N-ethyl adjacent to an activating group) is 1. The Bertz CT molecular complexity index is 519. The maximum absolute atomic E-state index is 11.6. The number of guanidine groups is 1. The molecule has 1 aliphatic heterocycles. The molecule has 122 valence electrons.